The molecule has 172 valence electrons. The third-order valence-electron chi connectivity index (χ3n) is 7.70. The summed E-state index contributed by atoms with van der Waals surface area (Å²) in [5.41, 5.74) is 1.83. The van der Waals surface area contributed by atoms with Gasteiger partial charge in [0.1, 0.15) is 17.9 Å². The van der Waals surface area contributed by atoms with Gasteiger partial charge in [0.25, 0.3) is 5.91 Å². The van der Waals surface area contributed by atoms with Crippen LogP contribution in [0.15, 0.2) is 42.6 Å². The maximum atomic E-state index is 12.8. The summed E-state index contributed by atoms with van der Waals surface area (Å²) in [6.07, 6.45) is 5.77. The van der Waals surface area contributed by atoms with E-state index in [-0.39, 0.29) is 18.0 Å². The number of nitrogens with zero attached hydrogens (tertiary/aromatic N) is 3. The van der Waals surface area contributed by atoms with Crippen LogP contribution >= 0.6 is 0 Å². The number of nitriles is 1. The van der Waals surface area contributed by atoms with Crippen LogP contribution in [-0.2, 0) is 9.53 Å². The second-order valence-electron chi connectivity index (χ2n) is 9.70. The number of amides is 1. The lowest BCUT2D eigenvalue weighted by Crippen LogP contribution is -2.45. The Morgan fingerprint density at radius 1 is 1.15 bits per heavy atom. The van der Waals surface area contributed by atoms with Crippen LogP contribution < -0.4 is 0 Å². The Labute approximate surface area is 194 Å². The molecule has 3 fully saturated rings. The number of hydrogen-bond acceptors (Lipinski definition) is 5. The first-order valence-electron chi connectivity index (χ1n) is 11.9. The van der Waals surface area contributed by atoms with E-state index in [1.807, 2.05) is 6.07 Å². The van der Waals surface area contributed by atoms with Crippen LogP contribution in [0.25, 0.3) is 0 Å². The molecule has 4 heterocycles. The molecule has 0 aliphatic carbocycles. The maximum Gasteiger partial charge on any atom is 0.312 e. The zero-order chi connectivity index (χ0) is 22.8. The first-order chi connectivity index (χ1) is 16.1. The highest BCUT2D eigenvalue weighted by atomic mass is 16.6. The van der Waals surface area contributed by atoms with Crippen molar-refractivity contribution in [1.29, 1.82) is 5.26 Å². The van der Waals surface area contributed by atoms with Crippen LogP contribution in [0.2, 0.25) is 0 Å². The molecule has 3 saturated heterocycles. The van der Waals surface area contributed by atoms with Gasteiger partial charge in [-0.25, -0.2) is 0 Å². The molecule has 1 aromatic carbocycles. The maximum absolute atomic E-state index is 12.8. The fraction of sp³-hybridized carbons (Fsp3) is 0.500. The fourth-order valence-corrected chi connectivity index (χ4v) is 5.70. The van der Waals surface area contributed by atoms with E-state index in [4.69, 9.17) is 10.00 Å². The Morgan fingerprint density at radius 2 is 1.88 bits per heavy atom. The van der Waals surface area contributed by atoms with E-state index >= 15 is 0 Å². The molecular weight excluding hydrogens is 416 g/mol. The van der Waals surface area contributed by atoms with E-state index < -0.39 is 5.41 Å². The molecule has 0 radical (unpaired) electrons. The molecule has 7 heteroatoms. The summed E-state index contributed by atoms with van der Waals surface area (Å²) >= 11 is 0. The smallest absolute Gasteiger partial charge is 0.312 e. The van der Waals surface area contributed by atoms with Gasteiger partial charge in [0, 0.05) is 32.3 Å². The Balaban J connectivity index is 1.12. The van der Waals surface area contributed by atoms with Gasteiger partial charge in [0.2, 0.25) is 0 Å². The van der Waals surface area contributed by atoms with E-state index in [2.05, 4.69) is 40.2 Å². The van der Waals surface area contributed by atoms with Crippen molar-refractivity contribution < 1.29 is 14.3 Å². The number of H-pyrrole nitrogens is 1. The van der Waals surface area contributed by atoms with E-state index in [0.29, 0.717) is 43.1 Å². The lowest BCUT2D eigenvalue weighted by Gasteiger charge is -2.36. The second-order valence-corrected chi connectivity index (χ2v) is 9.70. The summed E-state index contributed by atoms with van der Waals surface area (Å²) in [5.74, 6) is 0.409. The number of ether oxygens (including phenoxy) is 1. The number of cyclic esters (lactones) is 1. The molecule has 3 aliphatic rings. The number of aromatic amines is 1. The van der Waals surface area contributed by atoms with Crippen LogP contribution in [-0.4, -0.2) is 65.5 Å². The topological polar surface area (TPSA) is 89.4 Å². The zero-order valence-corrected chi connectivity index (χ0v) is 18.8. The van der Waals surface area contributed by atoms with Gasteiger partial charge in [0.05, 0.1) is 11.0 Å². The third-order valence-corrected chi connectivity index (χ3v) is 7.70. The average molecular weight is 447 g/mol. The molecule has 1 unspecified atom stereocenters. The van der Waals surface area contributed by atoms with Crippen molar-refractivity contribution in [2.45, 2.75) is 44.1 Å². The molecule has 1 spiro atoms. The number of likely N-dealkylation sites (tertiary alicyclic amines) is 2. The van der Waals surface area contributed by atoms with Gasteiger partial charge in [-0.3, -0.25) is 14.5 Å². The van der Waals surface area contributed by atoms with Gasteiger partial charge in [0.15, 0.2) is 0 Å². The van der Waals surface area contributed by atoms with Gasteiger partial charge in [-0.05, 0) is 56.3 Å². The van der Waals surface area contributed by atoms with Crippen LogP contribution in [0, 0.1) is 16.7 Å². The lowest BCUT2D eigenvalue weighted by atomic mass is 9.76. The SMILES string of the molecule is N#Cc1c[nH]c(C(=O)N2CCC3(CC2)CC(CN2CCC(c4ccccc4)CC2)OC3=O)c1. The number of benzene rings is 1. The molecule has 7 nitrogen and oxygen atoms in total. The van der Waals surface area contributed by atoms with Gasteiger partial charge in [-0.2, -0.15) is 5.26 Å². The van der Waals surface area contributed by atoms with Gasteiger partial charge in [-0.15, -0.1) is 0 Å². The summed E-state index contributed by atoms with van der Waals surface area (Å²) < 4.78 is 5.84. The van der Waals surface area contributed by atoms with Gasteiger partial charge in [-0.1, -0.05) is 30.3 Å². The molecule has 3 aliphatic heterocycles. The number of piperidine rings is 2. The van der Waals surface area contributed by atoms with Crippen molar-refractivity contribution in [1.82, 2.24) is 14.8 Å². The second kappa shape index (κ2) is 9.03. The van der Waals surface area contributed by atoms with E-state index in [0.717, 1.165) is 38.9 Å². The van der Waals surface area contributed by atoms with Gasteiger partial charge >= 0.3 is 5.97 Å². The summed E-state index contributed by atoms with van der Waals surface area (Å²) in [6.45, 7) is 3.93. The quantitative estimate of drug-likeness (QED) is 0.728. The Morgan fingerprint density at radius 3 is 2.55 bits per heavy atom. The van der Waals surface area contributed by atoms with Crippen LogP contribution in [0.5, 0.6) is 0 Å². The zero-order valence-electron chi connectivity index (χ0n) is 18.8. The third kappa shape index (κ3) is 4.40. The van der Waals surface area contributed by atoms with Crippen molar-refractivity contribution in [3.05, 3.63) is 59.4 Å². The predicted molar refractivity (Wildman–Crippen MR) is 122 cm³/mol. The number of carbonyl (C=O) groups is 2. The Hall–Kier alpha value is -3.11. The molecule has 0 saturated carbocycles. The molecule has 1 N–H and O–H groups in total. The number of carbonyl (C=O) groups excluding carboxylic acids is 2. The molecule has 5 rings (SSSR count). The molecule has 33 heavy (non-hydrogen) atoms. The number of nitrogens with one attached hydrogen (secondary N) is 1. The fourth-order valence-electron chi connectivity index (χ4n) is 5.70. The number of rotatable bonds is 4. The molecule has 2 aromatic rings. The van der Waals surface area contributed by atoms with Crippen molar-refractivity contribution >= 4 is 11.9 Å². The van der Waals surface area contributed by atoms with Crippen molar-refractivity contribution in [2.75, 3.05) is 32.7 Å². The Bertz CT molecular complexity index is 1040. The number of hydrogen-bond donors (Lipinski definition) is 1. The standard InChI is InChI=1S/C26H30N4O3/c27-16-19-14-23(28-17-19)24(31)30-12-8-26(9-13-30)15-22(33-25(26)32)18-29-10-6-21(7-11-29)20-4-2-1-3-5-20/h1-5,14,17,21-22,28H,6-13,15,18H2. The summed E-state index contributed by atoms with van der Waals surface area (Å²) in [5, 5.41) is 8.97. The van der Waals surface area contributed by atoms with Crippen molar-refractivity contribution in [3.8, 4) is 6.07 Å². The number of aromatic nitrogens is 1. The minimum atomic E-state index is -0.461. The largest absolute Gasteiger partial charge is 0.461 e. The van der Waals surface area contributed by atoms with Crippen LogP contribution in [0.1, 0.15) is 59.6 Å². The first-order valence-corrected chi connectivity index (χ1v) is 11.9. The molecule has 1 atom stereocenters. The summed E-state index contributed by atoms with van der Waals surface area (Å²) in [4.78, 5) is 32.7. The van der Waals surface area contributed by atoms with Crippen molar-refractivity contribution in [2.24, 2.45) is 5.41 Å². The predicted octanol–water partition coefficient (Wildman–Crippen LogP) is 3.30. The van der Waals surface area contributed by atoms with E-state index in [1.54, 1.807) is 17.2 Å². The molecular formula is C26H30N4O3. The highest BCUT2D eigenvalue weighted by Crippen LogP contribution is 2.43. The summed E-state index contributed by atoms with van der Waals surface area (Å²) in [7, 11) is 0. The lowest BCUT2D eigenvalue weighted by molar-refractivity contribution is -0.151. The van der Waals surface area contributed by atoms with E-state index in [9.17, 15) is 9.59 Å². The van der Waals surface area contributed by atoms with E-state index in [1.165, 1.54) is 5.56 Å². The molecule has 0 bridgehead atoms. The number of esters is 1. The highest BCUT2D eigenvalue weighted by molar-refractivity contribution is 5.93. The molecule has 1 aromatic heterocycles. The Kier molecular flexibility index (Phi) is 5.94. The average Bonchev–Trinajstić information content (AvgIpc) is 3.45. The van der Waals surface area contributed by atoms with Crippen LogP contribution in [0.4, 0.5) is 0 Å². The van der Waals surface area contributed by atoms with Gasteiger partial charge < -0.3 is 14.6 Å². The minimum absolute atomic E-state index is 0.0605. The highest BCUT2D eigenvalue weighted by Gasteiger charge is 2.51. The minimum Gasteiger partial charge on any atom is -0.461 e. The first kappa shape index (κ1) is 21.7. The normalized spacial score (nSPS) is 23.4. The molecule has 1 amide bonds. The van der Waals surface area contributed by atoms with Crippen molar-refractivity contribution in [3.63, 3.8) is 0 Å². The van der Waals surface area contributed by atoms with Crippen LogP contribution in [0.3, 0.4) is 0 Å². The summed E-state index contributed by atoms with van der Waals surface area (Å²) in [6, 6.07) is 14.3. The monoisotopic (exact) mass is 446 g/mol.